The van der Waals surface area contributed by atoms with Crippen molar-refractivity contribution in [2.45, 2.75) is 18.9 Å². The highest BCUT2D eigenvalue weighted by molar-refractivity contribution is 6.30. The Balaban J connectivity index is 2.36. The van der Waals surface area contributed by atoms with Crippen molar-refractivity contribution in [1.29, 1.82) is 0 Å². The van der Waals surface area contributed by atoms with Crippen molar-refractivity contribution >= 4 is 17.6 Å². The summed E-state index contributed by atoms with van der Waals surface area (Å²) in [5.74, 6) is -1.14. The highest BCUT2D eigenvalue weighted by Crippen LogP contribution is 2.33. The Morgan fingerprint density at radius 2 is 2.27 bits per heavy atom. The molecule has 1 aromatic rings. The minimum atomic E-state index is -0.772. The van der Waals surface area contributed by atoms with Gasteiger partial charge in [0.1, 0.15) is 0 Å². The van der Waals surface area contributed by atoms with Crippen LogP contribution in [0, 0.1) is 5.92 Å². The Labute approximate surface area is 92.8 Å². The summed E-state index contributed by atoms with van der Waals surface area (Å²) in [5, 5.41) is 9.61. The molecule has 0 saturated heterocycles. The van der Waals surface area contributed by atoms with Crippen molar-refractivity contribution < 1.29 is 9.90 Å². The molecule has 1 aliphatic rings. The highest BCUT2D eigenvalue weighted by atomic mass is 35.5. The summed E-state index contributed by atoms with van der Waals surface area (Å²) >= 11 is 5.87. The van der Waals surface area contributed by atoms with Crippen LogP contribution in [0.25, 0.3) is 0 Å². The molecule has 0 aliphatic heterocycles. The molecule has 4 heteroatoms. The molecule has 80 valence electrons. The minimum absolute atomic E-state index is 0.214. The number of halogens is 1. The zero-order valence-electron chi connectivity index (χ0n) is 8.11. The summed E-state index contributed by atoms with van der Waals surface area (Å²) in [6.07, 6.45) is 1.04. The number of rotatable bonds is 1. The van der Waals surface area contributed by atoms with Crippen LogP contribution in [0.3, 0.4) is 0 Å². The van der Waals surface area contributed by atoms with E-state index in [1.807, 2.05) is 12.1 Å². The van der Waals surface area contributed by atoms with Gasteiger partial charge in [0.25, 0.3) is 0 Å². The first-order valence-electron chi connectivity index (χ1n) is 4.84. The molecular formula is C11H12ClNO2. The fourth-order valence-electron chi connectivity index (χ4n) is 2.07. The largest absolute Gasteiger partial charge is 0.481 e. The number of hydrogen-bond donors (Lipinski definition) is 2. The molecule has 0 bridgehead atoms. The molecule has 1 aromatic carbocycles. The number of aliphatic carboxylic acids is 1. The van der Waals surface area contributed by atoms with E-state index in [1.165, 1.54) is 0 Å². The summed E-state index contributed by atoms with van der Waals surface area (Å²) in [6, 6.07) is 5.26. The van der Waals surface area contributed by atoms with Crippen LogP contribution in [0.1, 0.15) is 23.6 Å². The van der Waals surface area contributed by atoms with E-state index in [-0.39, 0.29) is 12.0 Å². The first kappa shape index (κ1) is 10.5. The third-order valence-corrected chi connectivity index (χ3v) is 3.10. The second-order valence-corrected chi connectivity index (χ2v) is 4.36. The van der Waals surface area contributed by atoms with Gasteiger partial charge < -0.3 is 10.8 Å². The SMILES string of the molecule is NC1CC(C(=O)O)Cc2ccc(Cl)cc21. The molecule has 3 nitrogen and oxygen atoms in total. The Bertz CT molecular complexity index is 406. The molecule has 15 heavy (non-hydrogen) atoms. The average Bonchev–Trinajstić information content (AvgIpc) is 2.18. The number of fused-ring (bicyclic) bond motifs is 1. The molecule has 1 aliphatic carbocycles. The minimum Gasteiger partial charge on any atom is -0.481 e. The molecule has 2 atom stereocenters. The summed E-state index contributed by atoms with van der Waals surface area (Å²) < 4.78 is 0. The van der Waals surface area contributed by atoms with Gasteiger partial charge in [0.2, 0.25) is 0 Å². The van der Waals surface area contributed by atoms with Crippen molar-refractivity contribution in [2.24, 2.45) is 11.7 Å². The predicted octanol–water partition coefficient (Wildman–Crippen LogP) is 1.99. The zero-order valence-corrected chi connectivity index (χ0v) is 8.87. The number of carbonyl (C=O) groups is 1. The fraction of sp³-hybridized carbons (Fsp3) is 0.364. The van der Waals surface area contributed by atoms with Crippen molar-refractivity contribution in [3.8, 4) is 0 Å². The predicted molar refractivity (Wildman–Crippen MR) is 57.8 cm³/mol. The lowest BCUT2D eigenvalue weighted by atomic mass is 9.81. The molecule has 0 saturated carbocycles. The van der Waals surface area contributed by atoms with Crippen LogP contribution in [0.2, 0.25) is 5.02 Å². The molecule has 0 amide bonds. The van der Waals surface area contributed by atoms with Gasteiger partial charge in [-0.15, -0.1) is 0 Å². The van der Waals surface area contributed by atoms with Crippen LogP contribution >= 0.6 is 11.6 Å². The van der Waals surface area contributed by atoms with E-state index in [4.69, 9.17) is 22.4 Å². The van der Waals surface area contributed by atoms with Gasteiger partial charge >= 0.3 is 5.97 Å². The van der Waals surface area contributed by atoms with Gasteiger partial charge in [0.15, 0.2) is 0 Å². The standard InChI is InChI=1S/C11H12ClNO2/c12-8-2-1-6-3-7(11(14)15)4-10(13)9(6)5-8/h1-2,5,7,10H,3-4,13H2,(H,14,15). The number of carboxylic acids is 1. The molecule has 0 radical (unpaired) electrons. The Morgan fingerprint density at radius 3 is 2.93 bits per heavy atom. The van der Waals surface area contributed by atoms with Crippen molar-refractivity contribution in [3.05, 3.63) is 34.3 Å². The first-order valence-corrected chi connectivity index (χ1v) is 5.22. The highest BCUT2D eigenvalue weighted by Gasteiger charge is 2.28. The third kappa shape index (κ3) is 1.98. The molecule has 0 spiro atoms. The van der Waals surface area contributed by atoms with Gasteiger partial charge in [0.05, 0.1) is 5.92 Å². The van der Waals surface area contributed by atoms with Gasteiger partial charge in [-0.3, -0.25) is 4.79 Å². The molecule has 0 fully saturated rings. The van der Waals surface area contributed by atoms with Crippen LogP contribution in [-0.2, 0) is 11.2 Å². The van der Waals surface area contributed by atoms with E-state index in [0.29, 0.717) is 17.9 Å². The van der Waals surface area contributed by atoms with Gasteiger partial charge in [-0.25, -0.2) is 0 Å². The molecule has 3 N–H and O–H groups in total. The van der Waals surface area contributed by atoms with E-state index < -0.39 is 5.97 Å². The van der Waals surface area contributed by atoms with Crippen LogP contribution in [0.5, 0.6) is 0 Å². The van der Waals surface area contributed by atoms with Gasteiger partial charge in [-0.2, -0.15) is 0 Å². The van der Waals surface area contributed by atoms with Crippen LogP contribution in [0.15, 0.2) is 18.2 Å². The number of carboxylic acid groups (broad SMARTS) is 1. The first-order chi connectivity index (χ1) is 7.08. The van der Waals surface area contributed by atoms with E-state index in [0.717, 1.165) is 11.1 Å². The van der Waals surface area contributed by atoms with E-state index >= 15 is 0 Å². The van der Waals surface area contributed by atoms with Gasteiger partial charge in [-0.1, -0.05) is 17.7 Å². The maximum Gasteiger partial charge on any atom is 0.306 e. The number of hydrogen-bond acceptors (Lipinski definition) is 2. The topological polar surface area (TPSA) is 63.3 Å². The maximum atomic E-state index is 10.9. The monoisotopic (exact) mass is 225 g/mol. The van der Waals surface area contributed by atoms with Gasteiger partial charge in [0, 0.05) is 11.1 Å². The van der Waals surface area contributed by atoms with Crippen molar-refractivity contribution in [1.82, 2.24) is 0 Å². The third-order valence-electron chi connectivity index (χ3n) is 2.86. The fourth-order valence-corrected chi connectivity index (χ4v) is 2.25. The summed E-state index contributed by atoms with van der Waals surface area (Å²) in [7, 11) is 0. The zero-order chi connectivity index (χ0) is 11.0. The lowest BCUT2D eigenvalue weighted by Gasteiger charge is -2.27. The second kappa shape index (κ2) is 3.83. The normalized spacial score (nSPS) is 24.7. The van der Waals surface area contributed by atoms with E-state index in [2.05, 4.69) is 0 Å². The Hall–Kier alpha value is -1.06. The van der Waals surface area contributed by atoms with Crippen molar-refractivity contribution in [2.75, 3.05) is 0 Å². The lowest BCUT2D eigenvalue weighted by molar-refractivity contribution is -0.142. The second-order valence-electron chi connectivity index (χ2n) is 3.92. The smallest absolute Gasteiger partial charge is 0.306 e. The van der Waals surface area contributed by atoms with Crippen molar-refractivity contribution in [3.63, 3.8) is 0 Å². The van der Waals surface area contributed by atoms with Crippen LogP contribution < -0.4 is 5.73 Å². The Morgan fingerprint density at radius 1 is 1.53 bits per heavy atom. The summed E-state index contributed by atoms with van der Waals surface area (Å²) in [4.78, 5) is 10.9. The molecule has 0 heterocycles. The molecule has 2 rings (SSSR count). The van der Waals surface area contributed by atoms with Crippen LogP contribution in [-0.4, -0.2) is 11.1 Å². The summed E-state index contributed by atoms with van der Waals surface area (Å²) in [6.45, 7) is 0. The maximum absolute atomic E-state index is 10.9. The molecule has 2 unspecified atom stereocenters. The molecule has 0 aromatic heterocycles. The summed E-state index contributed by atoms with van der Waals surface area (Å²) in [5.41, 5.74) is 7.91. The van der Waals surface area contributed by atoms with E-state index in [1.54, 1.807) is 6.07 Å². The number of benzene rings is 1. The Kier molecular flexibility index (Phi) is 2.67. The average molecular weight is 226 g/mol. The molecular weight excluding hydrogens is 214 g/mol. The number of nitrogens with two attached hydrogens (primary N) is 1. The van der Waals surface area contributed by atoms with Gasteiger partial charge in [-0.05, 0) is 36.1 Å². The van der Waals surface area contributed by atoms with Crippen LogP contribution in [0.4, 0.5) is 0 Å². The quantitative estimate of drug-likeness (QED) is 0.768. The van der Waals surface area contributed by atoms with E-state index in [9.17, 15) is 4.79 Å². The lowest BCUT2D eigenvalue weighted by Crippen LogP contribution is -2.28.